The fourth-order valence-electron chi connectivity index (χ4n) is 2.84. The molecule has 7 heteroatoms. The van der Waals surface area contributed by atoms with E-state index >= 15 is 0 Å². The van der Waals surface area contributed by atoms with Crippen LogP contribution in [-0.2, 0) is 27.7 Å². The molecule has 0 saturated carbocycles. The smallest absolute Gasteiger partial charge is 0.411 e. The molecule has 0 aromatic heterocycles. The summed E-state index contributed by atoms with van der Waals surface area (Å²) in [5.41, 5.74) is 3.57. The zero-order valence-corrected chi connectivity index (χ0v) is 15.0. The largest absolute Gasteiger partial charge is 0.453 e. The quantitative estimate of drug-likeness (QED) is 0.913. The molecule has 132 valence electrons. The first-order valence-electron chi connectivity index (χ1n) is 7.94. The number of aryl methyl sites for hydroxylation is 1. The van der Waals surface area contributed by atoms with Gasteiger partial charge in [-0.25, -0.2) is 13.2 Å². The molecule has 0 fully saturated rings. The number of benzene rings is 2. The number of nitrogens with one attached hydrogen (secondary N) is 1. The van der Waals surface area contributed by atoms with Crippen LogP contribution < -0.4 is 5.32 Å². The van der Waals surface area contributed by atoms with Crippen LogP contribution in [0.25, 0.3) is 0 Å². The minimum Gasteiger partial charge on any atom is -0.453 e. The maximum atomic E-state index is 12.9. The number of rotatable bonds is 3. The van der Waals surface area contributed by atoms with Crippen molar-refractivity contribution in [1.29, 1.82) is 0 Å². The van der Waals surface area contributed by atoms with Gasteiger partial charge in [0.1, 0.15) is 0 Å². The number of amides is 1. The number of ether oxygens (including phenoxy) is 1. The highest BCUT2D eigenvalue weighted by molar-refractivity contribution is 7.89. The lowest BCUT2D eigenvalue weighted by molar-refractivity contribution is 0.187. The second-order valence-corrected chi connectivity index (χ2v) is 7.94. The number of fused-ring (bicyclic) bond motifs is 1. The Kier molecular flexibility index (Phi) is 4.78. The first-order chi connectivity index (χ1) is 11.9. The van der Waals surface area contributed by atoms with Crippen molar-refractivity contribution in [3.63, 3.8) is 0 Å². The van der Waals surface area contributed by atoms with Crippen molar-refractivity contribution in [2.45, 2.75) is 24.8 Å². The van der Waals surface area contributed by atoms with E-state index in [1.165, 1.54) is 11.4 Å². The Morgan fingerprint density at radius 3 is 2.52 bits per heavy atom. The van der Waals surface area contributed by atoms with E-state index in [-0.39, 0.29) is 6.54 Å². The van der Waals surface area contributed by atoms with Crippen LogP contribution in [0.15, 0.2) is 47.4 Å². The highest BCUT2D eigenvalue weighted by Gasteiger charge is 2.28. The first-order valence-corrected chi connectivity index (χ1v) is 9.38. The molecule has 0 unspecified atom stereocenters. The van der Waals surface area contributed by atoms with Gasteiger partial charge in [-0.1, -0.05) is 23.8 Å². The molecule has 6 nitrogen and oxygen atoms in total. The molecule has 1 aliphatic rings. The molecular weight excluding hydrogens is 340 g/mol. The van der Waals surface area contributed by atoms with Gasteiger partial charge in [0.25, 0.3) is 0 Å². The van der Waals surface area contributed by atoms with Gasteiger partial charge in [0.2, 0.25) is 10.0 Å². The molecule has 0 spiro atoms. The highest BCUT2D eigenvalue weighted by atomic mass is 32.2. The monoisotopic (exact) mass is 360 g/mol. The number of hydrogen-bond acceptors (Lipinski definition) is 4. The zero-order chi connectivity index (χ0) is 18.0. The molecule has 1 N–H and O–H groups in total. The molecule has 1 aliphatic heterocycles. The summed E-state index contributed by atoms with van der Waals surface area (Å²) in [4.78, 5) is 11.6. The molecular formula is C18H20N2O4S. The molecule has 0 atom stereocenters. The summed E-state index contributed by atoms with van der Waals surface area (Å²) in [7, 11) is -2.25. The molecule has 1 amide bonds. The van der Waals surface area contributed by atoms with Gasteiger partial charge in [-0.15, -0.1) is 0 Å². The minimum atomic E-state index is -3.54. The van der Waals surface area contributed by atoms with Crippen molar-refractivity contribution >= 4 is 21.8 Å². The summed E-state index contributed by atoms with van der Waals surface area (Å²) in [5.74, 6) is 0. The van der Waals surface area contributed by atoms with Crippen molar-refractivity contribution in [2.75, 3.05) is 19.0 Å². The van der Waals surface area contributed by atoms with Crippen LogP contribution in [0.3, 0.4) is 0 Å². The van der Waals surface area contributed by atoms with Gasteiger partial charge in [0.05, 0.1) is 12.0 Å². The minimum absolute atomic E-state index is 0.280. The molecule has 0 radical (unpaired) electrons. The molecule has 2 aromatic carbocycles. The standard InChI is InChI=1S/C18H20N2O4S/c1-13-3-7-17(8-4-13)25(22,23)20-10-9-14-5-6-16(11-15(14)12-20)19-18(21)24-2/h3-8,11H,9-10,12H2,1-2H3,(H,19,21). The summed E-state index contributed by atoms with van der Waals surface area (Å²) in [6.45, 7) is 2.64. The highest BCUT2D eigenvalue weighted by Crippen LogP contribution is 2.27. The van der Waals surface area contributed by atoms with Crippen LogP contribution in [0.5, 0.6) is 0 Å². The van der Waals surface area contributed by atoms with Crippen LogP contribution in [0.1, 0.15) is 16.7 Å². The van der Waals surface area contributed by atoms with E-state index in [0.717, 1.165) is 16.7 Å². The van der Waals surface area contributed by atoms with Crippen LogP contribution in [0, 0.1) is 6.92 Å². The van der Waals surface area contributed by atoms with Gasteiger partial charge in [0.15, 0.2) is 0 Å². The topological polar surface area (TPSA) is 75.7 Å². The summed E-state index contributed by atoms with van der Waals surface area (Å²) in [5, 5.41) is 2.60. The molecule has 3 rings (SSSR count). The predicted octanol–water partition coefficient (Wildman–Crippen LogP) is 2.92. The van der Waals surface area contributed by atoms with Gasteiger partial charge in [-0.05, 0) is 48.7 Å². The Hall–Kier alpha value is -2.38. The average Bonchev–Trinajstić information content (AvgIpc) is 2.61. The molecule has 25 heavy (non-hydrogen) atoms. The van der Waals surface area contributed by atoms with Crippen molar-refractivity contribution in [3.8, 4) is 0 Å². The predicted molar refractivity (Wildman–Crippen MR) is 94.9 cm³/mol. The molecule has 0 aliphatic carbocycles. The van der Waals surface area contributed by atoms with E-state index in [9.17, 15) is 13.2 Å². The zero-order valence-electron chi connectivity index (χ0n) is 14.2. The number of anilines is 1. The van der Waals surface area contributed by atoms with E-state index in [1.54, 1.807) is 36.4 Å². The summed E-state index contributed by atoms with van der Waals surface area (Å²) >= 11 is 0. The molecule has 1 heterocycles. The third kappa shape index (κ3) is 3.67. The molecule has 2 aromatic rings. The van der Waals surface area contributed by atoms with E-state index < -0.39 is 16.1 Å². The Balaban J connectivity index is 1.85. The van der Waals surface area contributed by atoms with Crippen LogP contribution in [-0.4, -0.2) is 32.5 Å². The Labute approximate surface area is 147 Å². The lowest BCUT2D eigenvalue weighted by Gasteiger charge is -2.28. The van der Waals surface area contributed by atoms with Crippen LogP contribution in [0.2, 0.25) is 0 Å². The van der Waals surface area contributed by atoms with Crippen molar-refractivity contribution in [1.82, 2.24) is 4.31 Å². The fraction of sp³-hybridized carbons (Fsp3) is 0.278. The van der Waals surface area contributed by atoms with Gasteiger partial charge in [-0.3, -0.25) is 5.32 Å². The van der Waals surface area contributed by atoms with Gasteiger partial charge >= 0.3 is 6.09 Å². The third-order valence-corrected chi connectivity index (χ3v) is 6.13. The lowest BCUT2D eigenvalue weighted by Crippen LogP contribution is -2.36. The lowest BCUT2D eigenvalue weighted by atomic mass is 10.0. The maximum absolute atomic E-state index is 12.9. The summed E-state index contributed by atoms with van der Waals surface area (Å²) < 4.78 is 31.8. The first kappa shape index (κ1) is 17.4. The van der Waals surface area contributed by atoms with Gasteiger partial charge in [-0.2, -0.15) is 4.31 Å². The second-order valence-electron chi connectivity index (χ2n) is 6.00. The average molecular weight is 360 g/mol. The maximum Gasteiger partial charge on any atom is 0.411 e. The number of sulfonamides is 1. The second kappa shape index (κ2) is 6.85. The molecule has 0 saturated heterocycles. The summed E-state index contributed by atoms with van der Waals surface area (Å²) in [6, 6.07) is 12.4. The normalized spacial score (nSPS) is 14.6. The Morgan fingerprint density at radius 1 is 1.12 bits per heavy atom. The SMILES string of the molecule is COC(=O)Nc1ccc2c(c1)CN(S(=O)(=O)c1ccc(C)cc1)CC2. The Bertz CT molecular complexity index is 892. The number of carbonyl (C=O) groups is 1. The van der Waals surface area contributed by atoms with Crippen molar-refractivity contribution < 1.29 is 17.9 Å². The van der Waals surface area contributed by atoms with Gasteiger partial charge in [0, 0.05) is 18.8 Å². The summed E-state index contributed by atoms with van der Waals surface area (Å²) in [6.07, 6.45) is 0.0822. The third-order valence-electron chi connectivity index (χ3n) is 4.27. The van der Waals surface area contributed by atoms with E-state index in [0.29, 0.717) is 23.5 Å². The van der Waals surface area contributed by atoms with Crippen molar-refractivity contribution in [3.05, 3.63) is 59.2 Å². The van der Waals surface area contributed by atoms with Crippen molar-refractivity contribution in [2.24, 2.45) is 0 Å². The van der Waals surface area contributed by atoms with E-state index in [2.05, 4.69) is 10.1 Å². The molecule has 0 bridgehead atoms. The van der Waals surface area contributed by atoms with Gasteiger partial charge < -0.3 is 4.74 Å². The number of methoxy groups -OCH3 is 1. The number of hydrogen-bond donors (Lipinski definition) is 1. The fourth-order valence-corrected chi connectivity index (χ4v) is 4.26. The van der Waals surface area contributed by atoms with Crippen LogP contribution >= 0.6 is 0 Å². The van der Waals surface area contributed by atoms with E-state index in [4.69, 9.17) is 0 Å². The number of nitrogens with zero attached hydrogens (tertiary/aromatic N) is 1. The number of carbonyl (C=O) groups excluding carboxylic acids is 1. The van der Waals surface area contributed by atoms with E-state index in [1.807, 2.05) is 13.0 Å². The Morgan fingerprint density at radius 2 is 1.84 bits per heavy atom. The van der Waals surface area contributed by atoms with Crippen LogP contribution in [0.4, 0.5) is 10.5 Å².